The van der Waals surface area contributed by atoms with Crippen LogP contribution in [0.25, 0.3) is 0 Å². The van der Waals surface area contributed by atoms with Gasteiger partial charge in [-0.25, -0.2) is 4.79 Å². The summed E-state index contributed by atoms with van der Waals surface area (Å²) in [7, 11) is 1.61. The zero-order valence-electron chi connectivity index (χ0n) is 14.2. The Balaban J connectivity index is 1.58. The number of carbonyl (C=O) groups is 2. The molecule has 1 aromatic carbocycles. The summed E-state index contributed by atoms with van der Waals surface area (Å²) >= 11 is 0. The average molecular weight is 333 g/mol. The highest BCUT2D eigenvalue weighted by Crippen LogP contribution is 2.40. The maximum atomic E-state index is 12.4. The van der Waals surface area contributed by atoms with Gasteiger partial charge in [0.25, 0.3) is 0 Å². The number of carbonyl (C=O) groups excluding carboxylic acids is 2. The second-order valence-corrected chi connectivity index (χ2v) is 6.57. The molecule has 0 atom stereocenters. The highest BCUT2D eigenvalue weighted by atomic mass is 16.7. The quantitative estimate of drug-likeness (QED) is 0.869. The maximum absolute atomic E-state index is 12.4. The number of amides is 3. The molecule has 2 heterocycles. The van der Waals surface area contributed by atoms with E-state index in [0.717, 1.165) is 0 Å². The van der Waals surface area contributed by atoms with E-state index in [1.54, 1.807) is 30.1 Å². The zero-order chi connectivity index (χ0) is 17.3. The molecule has 2 aliphatic heterocycles. The van der Waals surface area contributed by atoms with Gasteiger partial charge in [0.15, 0.2) is 11.5 Å². The maximum Gasteiger partial charge on any atom is 0.317 e. The standard InChI is InChI=1S/C17H23N3O4/c1-17(2)23-13-5-4-12(10-14(13)24-17)19-15(21)11-6-8-20(9-7-11)16(22)18-3/h4-5,10-11H,6-9H2,1-3H3,(H,18,22)(H,19,21). The number of benzene rings is 1. The second kappa shape index (κ2) is 6.22. The summed E-state index contributed by atoms with van der Waals surface area (Å²) in [4.78, 5) is 25.8. The van der Waals surface area contributed by atoms with Crippen LogP contribution in [-0.2, 0) is 4.79 Å². The molecule has 2 aliphatic rings. The Morgan fingerprint density at radius 1 is 1.17 bits per heavy atom. The van der Waals surface area contributed by atoms with Crippen molar-refractivity contribution in [2.45, 2.75) is 32.5 Å². The van der Waals surface area contributed by atoms with Crippen molar-refractivity contribution < 1.29 is 19.1 Å². The zero-order valence-corrected chi connectivity index (χ0v) is 14.2. The lowest BCUT2D eigenvalue weighted by Crippen LogP contribution is -2.45. The van der Waals surface area contributed by atoms with E-state index in [1.165, 1.54) is 0 Å². The number of likely N-dealkylation sites (tertiary alicyclic amines) is 1. The monoisotopic (exact) mass is 333 g/mol. The third kappa shape index (κ3) is 3.39. The van der Waals surface area contributed by atoms with Crippen LogP contribution in [0.4, 0.5) is 10.5 Å². The van der Waals surface area contributed by atoms with Crippen molar-refractivity contribution in [3.63, 3.8) is 0 Å². The smallest absolute Gasteiger partial charge is 0.317 e. The fourth-order valence-electron chi connectivity index (χ4n) is 3.05. The molecule has 7 heteroatoms. The van der Waals surface area contributed by atoms with Gasteiger partial charge in [0.05, 0.1) is 0 Å². The number of urea groups is 1. The number of fused-ring (bicyclic) bond motifs is 1. The van der Waals surface area contributed by atoms with Crippen molar-refractivity contribution in [1.82, 2.24) is 10.2 Å². The van der Waals surface area contributed by atoms with Gasteiger partial charge < -0.3 is 25.0 Å². The third-order valence-electron chi connectivity index (χ3n) is 4.29. The van der Waals surface area contributed by atoms with Gasteiger partial charge in [-0.1, -0.05) is 0 Å². The molecule has 130 valence electrons. The predicted octanol–water partition coefficient (Wildman–Crippen LogP) is 2.18. The van der Waals surface area contributed by atoms with E-state index in [4.69, 9.17) is 9.47 Å². The van der Waals surface area contributed by atoms with Crippen LogP contribution in [-0.4, -0.2) is 42.8 Å². The SMILES string of the molecule is CNC(=O)N1CCC(C(=O)Nc2ccc3c(c2)OC(C)(C)O3)CC1. The Kier molecular flexibility index (Phi) is 4.26. The molecule has 0 aromatic heterocycles. The van der Waals surface area contributed by atoms with Crippen LogP contribution in [0.3, 0.4) is 0 Å². The molecule has 0 radical (unpaired) electrons. The molecular formula is C17H23N3O4. The summed E-state index contributed by atoms with van der Waals surface area (Å²) < 4.78 is 11.3. The molecule has 2 N–H and O–H groups in total. The molecule has 1 aromatic rings. The van der Waals surface area contributed by atoms with E-state index in [2.05, 4.69) is 10.6 Å². The number of anilines is 1. The number of nitrogens with one attached hydrogen (secondary N) is 2. The first-order valence-corrected chi connectivity index (χ1v) is 8.17. The van der Waals surface area contributed by atoms with Crippen LogP contribution in [0, 0.1) is 5.92 Å². The Bertz CT molecular complexity index is 651. The summed E-state index contributed by atoms with van der Waals surface area (Å²) in [5.41, 5.74) is 0.689. The van der Waals surface area contributed by atoms with Crippen molar-refractivity contribution >= 4 is 17.6 Å². The number of ether oxygens (including phenoxy) is 2. The number of piperidine rings is 1. The second-order valence-electron chi connectivity index (χ2n) is 6.57. The van der Waals surface area contributed by atoms with Gasteiger partial charge in [0.1, 0.15) is 0 Å². The minimum atomic E-state index is -0.683. The molecular weight excluding hydrogens is 310 g/mol. The molecule has 0 spiro atoms. The van der Waals surface area contributed by atoms with Gasteiger partial charge in [-0.05, 0) is 25.0 Å². The Morgan fingerprint density at radius 2 is 1.83 bits per heavy atom. The van der Waals surface area contributed by atoms with E-state index < -0.39 is 5.79 Å². The molecule has 1 saturated heterocycles. The van der Waals surface area contributed by atoms with Crippen LogP contribution in [0.15, 0.2) is 18.2 Å². The molecule has 3 rings (SSSR count). The van der Waals surface area contributed by atoms with Crippen molar-refractivity contribution in [3.8, 4) is 11.5 Å². The van der Waals surface area contributed by atoms with Crippen molar-refractivity contribution in [1.29, 1.82) is 0 Å². The number of rotatable bonds is 2. The number of nitrogens with zero attached hydrogens (tertiary/aromatic N) is 1. The highest BCUT2D eigenvalue weighted by Gasteiger charge is 2.32. The number of hydrogen-bond donors (Lipinski definition) is 2. The molecule has 0 unspecified atom stereocenters. The molecule has 7 nitrogen and oxygen atoms in total. The minimum absolute atomic E-state index is 0.0234. The van der Waals surface area contributed by atoms with Crippen molar-refractivity contribution in [2.75, 3.05) is 25.5 Å². The lowest BCUT2D eigenvalue weighted by molar-refractivity contribution is -0.121. The highest BCUT2D eigenvalue weighted by molar-refractivity contribution is 5.93. The molecule has 3 amide bonds. The van der Waals surface area contributed by atoms with E-state index >= 15 is 0 Å². The normalized spacial score (nSPS) is 19.0. The largest absolute Gasteiger partial charge is 0.449 e. The van der Waals surface area contributed by atoms with Crippen LogP contribution in [0.5, 0.6) is 11.5 Å². The van der Waals surface area contributed by atoms with E-state index in [1.807, 2.05) is 13.8 Å². The molecule has 0 aliphatic carbocycles. The summed E-state index contributed by atoms with van der Waals surface area (Å²) in [6.45, 7) is 4.86. The van der Waals surface area contributed by atoms with E-state index in [9.17, 15) is 9.59 Å². The molecule has 0 bridgehead atoms. The fourth-order valence-corrected chi connectivity index (χ4v) is 3.05. The molecule has 0 saturated carbocycles. The molecule has 1 fully saturated rings. The van der Waals surface area contributed by atoms with Gasteiger partial charge in [0, 0.05) is 51.7 Å². The average Bonchev–Trinajstić information content (AvgIpc) is 2.87. The molecule has 24 heavy (non-hydrogen) atoms. The summed E-state index contributed by atoms with van der Waals surface area (Å²) in [5.74, 6) is 0.513. The van der Waals surface area contributed by atoms with E-state index in [-0.39, 0.29) is 17.9 Å². The fraction of sp³-hybridized carbons (Fsp3) is 0.529. The predicted molar refractivity (Wildman–Crippen MR) is 89.2 cm³/mol. The lowest BCUT2D eigenvalue weighted by Gasteiger charge is -2.30. The summed E-state index contributed by atoms with van der Waals surface area (Å²) in [6.07, 6.45) is 1.33. The van der Waals surface area contributed by atoms with Gasteiger partial charge in [-0.3, -0.25) is 4.79 Å². The van der Waals surface area contributed by atoms with E-state index in [0.29, 0.717) is 43.1 Å². The number of hydrogen-bond acceptors (Lipinski definition) is 4. The van der Waals surface area contributed by atoms with Gasteiger partial charge in [-0.15, -0.1) is 0 Å². The van der Waals surface area contributed by atoms with Crippen LogP contribution in [0.1, 0.15) is 26.7 Å². The Labute approximate surface area is 141 Å². The topological polar surface area (TPSA) is 79.9 Å². The Hall–Kier alpha value is -2.44. The first kappa shape index (κ1) is 16.4. The van der Waals surface area contributed by atoms with Gasteiger partial charge in [-0.2, -0.15) is 0 Å². The first-order valence-electron chi connectivity index (χ1n) is 8.17. The minimum Gasteiger partial charge on any atom is -0.449 e. The summed E-state index contributed by atoms with van der Waals surface area (Å²) in [5, 5.41) is 5.54. The lowest BCUT2D eigenvalue weighted by atomic mass is 9.96. The van der Waals surface area contributed by atoms with Crippen LogP contribution < -0.4 is 20.1 Å². The van der Waals surface area contributed by atoms with Crippen LogP contribution in [0.2, 0.25) is 0 Å². The summed E-state index contributed by atoms with van der Waals surface area (Å²) in [6, 6.07) is 5.30. The first-order chi connectivity index (χ1) is 11.4. The van der Waals surface area contributed by atoms with Crippen LogP contribution >= 0.6 is 0 Å². The van der Waals surface area contributed by atoms with Gasteiger partial charge >= 0.3 is 6.03 Å². The van der Waals surface area contributed by atoms with Crippen molar-refractivity contribution in [2.24, 2.45) is 5.92 Å². The van der Waals surface area contributed by atoms with Gasteiger partial charge in [0.2, 0.25) is 11.7 Å². The third-order valence-corrected chi connectivity index (χ3v) is 4.29. The Morgan fingerprint density at radius 3 is 2.50 bits per heavy atom. The van der Waals surface area contributed by atoms with Crippen molar-refractivity contribution in [3.05, 3.63) is 18.2 Å².